The largest absolute Gasteiger partial charge is 0.313 e. The molecule has 0 amide bonds. The summed E-state index contributed by atoms with van der Waals surface area (Å²) < 4.78 is 37.2. The zero-order valence-electron chi connectivity index (χ0n) is 11.3. The van der Waals surface area contributed by atoms with E-state index < -0.39 is 20.8 Å². The molecule has 0 fully saturated rings. The van der Waals surface area contributed by atoms with Crippen LogP contribution < -0.4 is 10.0 Å². The van der Waals surface area contributed by atoms with Crippen molar-refractivity contribution in [1.82, 2.24) is 10.0 Å². The quantitative estimate of drug-likeness (QED) is 0.774. The second kappa shape index (κ2) is 7.14. The van der Waals surface area contributed by atoms with Gasteiger partial charge in [-0.05, 0) is 31.7 Å². The first-order valence-corrected chi connectivity index (χ1v) is 9.15. The molecule has 0 radical (unpaired) electrons. The molecule has 2 atom stereocenters. The summed E-state index contributed by atoms with van der Waals surface area (Å²) in [5, 5.41) is 3.09. The van der Waals surface area contributed by atoms with Gasteiger partial charge in [-0.1, -0.05) is 12.1 Å². The van der Waals surface area contributed by atoms with Crippen molar-refractivity contribution in [2.24, 2.45) is 0 Å². The topological polar surface area (TPSA) is 75.3 Å². The van der Waals surface area contributed by atoms with Crippen molar-refractivity contribution >= 4 is 20.8 Å². The van der Waals surface area contributed by atoms with E-state index >= 15 is 0 Å². The first kappa shape index (κ1) is 16.3. The molecule has 0 aliphatic carbocycles. The van der Waals surface area contributed by atoms with Gasteiger partial charge in [0.15, 0.2) is 0 Å². The number of hydrogen-bond donors (Lipinski definition) is 2. The Morgan fingerprint density at radius 2 is 1.84 bits per heavy atom. The summed E-state index contributed by atoms with van der Waals surface area (Å²) >= 11 is 0. The summed E-state index contributed by atoms with van der Waals surface area (Å²) in [4.78, 5) is 0.224. The van der Waals surface area contributed by atoms with Crippen LogP contribution in [0.4, 0.5) is 0 Å². The van der Waals surface area contributed by atoms with Crippen LogP contribution in [0.15, 0.2) is 29.2 Å². The summed E-state index contributed by atoms with van der Waals surface area (Å²) in [7, 11) is -2.66. The molecule has 1 aromatic rings. The third kappa shape index (κ3) is 5.02. The Hall–Kier alpha value is -0.760. The molecule has 108 valence electrons. The van der Waals surface area contributed by atoms with Gasteiger partial charge in [-0.2, -0.15) is 0 Å². The standard InChI is InChI=1S/C12H20N2O3S2/c1-10(13-2)11-4-6-12(7-5-11)19(16,17)14-8-9-18(3)15/h4-7,10,13-14H,8-9H2,1-3H3. The van der Waals surface area contributed by atoms with Gasteiger partial charge in [-0.3, -0.25) is 4.21 Å². The molecule has 0 saturated heterocycles. The molecule has 7 heteroatoms. The van der Waals surface area contributed by atoms with Gasteiger partial charge in [0, 0.05) is 35.4 Å². The van der Waals surface area contributed by atoms with Crippen LogP contribution in [0, 0.1) is 0 Å². The Morgan fingerprint density at radius 3 is 2.32 bits per heavy atom. The van der Waals surface area contributed by atoms with E-state index in [0.29, 0.717) is 5.75 Å². The third-order valence-electron chi connectivity index (χ3n) is 2.81. The monoisotopic (exact) mass is 304 g/mol. The Bertz CT molecular complexity index is 526. The summed E-state index contributed by atoms with van der Waals surface area (Å²) in [6.07, 6.45) is 1.54. The molecule has 1 aromatic carbocycles. The first-order valence-electron chi connectivity index (χ1n) is 5.93. The van der Waals surface area contributed by atoms with E-state index in [0.717, 1.165) is 5.56 Å². The van der Waals surface area contributed by atoms with Crippen LogP contribution in [0.5, 0.6) is 0 Å². The van der Waals surface area contributed by atoms with Gasteiger partial charge in [0.05, 0.1) is 4.90 Å². The zero-order valence-corrected chi connectivity index (χ0v) is 13.0. The number of nitrogens with one attached hydrogen (secondary N) is 2. The van der Waals surface area contributed by atoms with Crippen LogP contribution in [-0.4, -0.2) is 38.2 Å². The molecule has 0 heterocycles. The van der Waals surface area contributed by atoms with Gasteiger partial charge in [0.25, 0.3) is 0 Å². The van der Waals surface area contributed by atoms with E-state index in [1.807, 2.05) is 14.0 Å². The SMILES string of the molecule is CNC(C)c1ccc(S(=O)(=O)NCCS(C)=O)cc1. The lowest BCUT2D eigenvalue weighted by atomic mass is 10.1. The molecule has 5 nitrogen and oxygen atoms in total. The minimum absolute atomic E-state index is 0.173. The molecule has 0 spiro atoms. The van der Waals surface area contributed by atoms with Crippen molar-refractivity contribution in [1.29, 1.82) is 0 Å². The van der Waals surface area contributed by atoms with Crippen molar-refractivity contribution < 1.29 is 12.6 Å². The highest BCUT2D eigenvalue weighted by atomic mass is 32.2. The summed E-state index contributed by atoms with van der Waals surface area (Å²) in [6, 6.07) is 6.90. The number of benzene rings is 1. The Morgan fingerprint density at radius 1 is 1.26 bits per heavy atom. The van der Waals surface area contributed by atoms with Gasteiger partial charge in [-0.15, -0.1) is 0 Å². The average molecular weight is 304 g/mol. The normalized spacial score (nSPS) is 15.1. The van der Waals surface area contributed by atoms with Crippen molar-refractivity contribution in [3.05, 3.63) is 29.8 Å². The van der Waals surface area contributed by atoms with E-state index in [1.165, 1.54) is 0 Å². The third-order valence-corrected chi connectivity index (χ3v) is 5.06. The van der Waals surface area contributed by atoms with Gasteiger partial charge in [0.1, 0.15) is 0 Å². The van der Waals surface area contributed by atoms with E-state index in [9.17, 15) is 12.6 Å². The van der Waals surface area contributed by atoms with Crippen molar-refractivity contribution in [3.63, 3.8) is 0 Å². The fourth-order valence-electron chi connectivity index (χ4n) is 1.51. The maximum absolute atomic E-state index is 11.9. The highest BCUT2D eigenvalue weighted by molar-refractivity contribution is 7.89. The summed E-state index contributed by atoms with van der Waals surface area (Å²) in [5.74, 6) is 0.314. The highest BCUT2D eigenvalue weighted by Crippen LogP contribution is 2.15. The molecule has 0 bridgehead atoms. The minimum Gasteiger partial charge on any atom is -0.313 e. The predicted molar refractivity (Wildman–Crippen MR) is 78.0 cm³/mol. The fraction of sp³-hybridized carbons (Fsp3) is 0.500. The van der Waals surface area contributed by atoms with Crippen LogP contribution in [0.1, 0.15) is 18.5 Å². The Kier molecular flexibility index (Phi) is 6.12. The molecule has 0 aliphatic rings. The minimum atomic E-state index is -3.51. The molecule has 0 saturated carbocycles. The number of sulfonamides is 1. The molecule has 19 heavy (non-hydrogen) atoms. The van der Waals surface area contributed by atoms with E-state index in [1.54, 1.807) is 30.5 Å². The highest BCUT2D eigenvalue weighted by Gasteiger charge is 2.14. The molecule has 1 rings (SSSR count). The van der Waals surface area contributed by atoms with Crippen LogP contribution in [0.3, 0.4) is 0 Å². The average Bonchev–Trinajstić information content (AvgIpc) is 2.37. The number of rotatable bonds is 7. The lowest BCUT2D eigenvalue weighted by Crippen LogP contribution is -2.27. The van der Waals surface area contributed by atoms with Crippen molar-refractivity contribution in [2.75, 3.05) is 25.6 Å². The molecule has 2 N–H and O–H groups in total. The summed E-state index contributed by atoms with van der Waals surface area (Å²) in [6.45, 7) is 2.18. The van der Waals surface area contributed by atoms with E-state index in [-0.39, 0.29) is 17.5 Å². The second-order valence-corrected chi connectivity index (χ2v) is 7.58. The van der Waals surface area contributed by atoms with Crippen LogP contribution in [-0.2, 0) is 20.8 Å². The zero-order chi connectivity index (χ0) is 14.5. The van der Waals surface area contributed by atoms with Crippen LogP contribution >= 0.6 is 0 Å². The fourth-order valence-corrected chi connectivity index (χ4v) is 3.06. The molecule has 2 unspecified atom stereocenters. The molecular weight excluding hydrogens is 284 g/mol. The van der Waals surface area contributed by atoms with E-state index in [4.69, 9.17) is 0 Å². The van der Waals surface area contributed by atoms with Gasteiger partial charge in [-0.25, -0.2) is 13.1 Å². The smallest absolute Gasteiger partial charge is 0.240 e. The predicted octanol–water partition coefficient (Wildman–Crippen LogP) is 0.624. The molecule has 0 aromatic heterocycles. The van der Waals surface area contributed by atoms with Gasteiger partial charge >= 0.3 is 0 Å². The summed E-state index contributed by atoms with van der Waals surface area (Å²) in [5.41, 5.74) is 1.02. The lowest BCUT2D eigenvalue weighted by Gasteiger charge is -2.11. The second-order valence-electron chi connectivity index (χ2n) is 4.25. The molecular formula is C12H20N2O3S2. The molecule has 0 aliphatic heterocycles. The van der Waals surface area contributed by atoms with Gasteiger partial charge < -0.3 is 5.32 Å². The maximum atomic E-state index is 11.9. The lowest BCUT2D eigenvalue weighted by molar-refractivity contribution is 0.583. The maximum Gasteiger partial charge on any atom is 0.240 e. The van der Waals surface area contributed by atoms with Gasteiger partial charge in [0.2, 0.25) is 10.0 Å². The number of hydrogen-bond acceptors (Lipinski definition) is 4. The Balaban J connectivity index is 2.76. The first-order chi connectivity index (χ1) is 8.86. The van der Waals surface area contributed by atoms with Crippen molar-refractivity contribution in [2.45, 2.75) is 17.9 Å². The van der Waals surface area contributed by atoms with Crippen molar-refractivity contribution in [3.8, 4) is 0 Å². The Labute approximate surface area is 117 Å². The van der Waals surface area contributed by atoms with E-state index in [2.05, 4.69) is 10.0 Å². The van der Waals surface area contributed by atoms with Crippen LogP contribution in [0.25, 0.3) is 0 Å². The van der Waals surface area contributed by atoms with Crippen LogP contribution in [0.2, 0.25) is 0 Å².